The number of fused-ring (bicyclic) bond motifs is 1. The first kappa shape index (κ1) is 19.1. The minimum absolute atomic E-state index is 0.0830. The van der Waals surface area contributed by atoms with Crippen molar-refractivity contribution in [2.24, 2.45) is 0 Å². The SMILES string of the molecule is O=C(O)c1cc(O)c2cccc(O)c2c1O[C@@H]1O[C@H](CO)[C@@H](O)[C@H](O)[C@H]1O. The molecule has 7 N–H and O–H groups in total. The smallest absolute Gasteiger partial charge is 0.339 e. The zero-order valence-corrected chi connectivity index (χ0v) is 13.8. The lowest BCUT2D eigenvalue weighted by Gasteiger charge is -2.39. The molecule has 146 valence electrons. The molecule has 2 aromatic rings. The van der Waals surface area contributed by atoms with Crippen molar-refractivity contribution in [3.8, 4) is 17.2 Å². The Morgan fingerprint density at radius 3 is 2.41 bits per heavy atom. The fourth-order valence-corrected chi connectivity index (χ4v) is 2.97. The quantitative estimate of drug-likeness (QED) is 0.351. The number of rotatable bonds is 4. The largest absolute Gasteiger partial charge is 0.507 e. The molecule has 10 heteroatoms. The number of carboxylic acid groups (broad SMARTS) is 1. The predicted molar refractivity (Wildman–Crippen MR) is 88.6 cm³/mol. The molecule has 0 bridgehead atoms. The molecule has 1 aliphatic rings. The highest BCUT2D eigenvalue weighted by atomic mass is 16.7. The van der Waals surface area contributed by atoms with Gasteiger partial charge in [-0.2, -0.15) is 0 Å². The number of phenolic OH excluding ortho intramolecular Hbond substituents is 2. The second-order valence-corrected chi connectivity index (χ2v) is 6.09. The fourth-order valence-electron chi connectivity index (χ4n) is 2.97. The van der Waals surface area contributed by atoms with Crippen molar-refractivity contribution in [2.75, 3.05) is 6.61 Å². The van der Waals surface area contributed by atoms with Gasteiger partial charge in [-0.05, 0) is 12.1 Å². The summed E-state index contributed by atoms with van der Waals surface area (Å²) >= 11 is 0. The maximum absolute atomic E-state index is 11.6. The van der Waals surface area contributed by atoms with Gasteiger partial charge in [-0.25, -0.2) is 4.79 Å². The number of carboxylic acids is 1. The molecule has 27 heavy (non-hydrogen) atoms. The van der Waals surface area contributed by atoms with Gasteiger partial charge in [-0.1, -0.05) is 12.1 Å². The van der Waals surface area contributed by atoms with Gasteiger partial charge in [0.25, 0.3) is 0 Å². The van der Waals surface area contributed by atoms with Crippen LogP contribution in [0.1, 0.15) is 10.4 Å². The Bertz CT molecular complexity index is 864. The van der Waals surface area contributed by atoms with Crippen molar-refractivity contribution < 1.29 is 50.0 Å². The Balaban J connectivity index is 2.12. The van der Waals surface area contributed by atoms with E-state index in [0.29, 0.717) is 0 Å². The second kappa shape index (κ2) is 7.18. The number of carbonyl (C=O) groups is 1. The van der Waals surface area contributed by atoms with Crippen LogP contribution in [0.25, 0.3) is 10.8 Å². The van der Waals surface area contributed by atoms with Crippen molar-refractivity contribution in [3.05, 3.63) is 29.8 Å². The highest BCUT2D eigenvalue weighted by molar-refractivity contribution is 6.05. The standard InChI is InChI=1S/C17H18O10/c18-5-10-12(21)13(22)14(23)17(26-10)27-15-7(16(24)25)4-9(20)6-2-1-3-8(19)11(6)15/h1-4,10,12-14,17-23H,5H2,(H,24,25)/t10-,12-,13+,14-,17+/m1/s1. The van der Waals surface area contributed by atoms with Crippen LogP contribution in [0.3, 0.4) is 0 Å². The average Bonchev–Trinajstić information content (AvgIpc) is 2.63. The highest BCUT2D eigenvalue weighted by Crippen LogP contribution is 2.42. The van der Waals surface area contributed by atoms with Crippen molar-refractivity contribution in [2.45, 2.75) is 30.7 Å². The number of hydrogen-bond acceptors (Lipinski definition) is 9. The lowest BCUT2D eigenvalue weighted by Crippen LogP contribution is -2.60. The van der Waals surface area contributed by atoms with Crippen LogP contribution in [-0.2, 0) is 4.74 Å². The van der Waals surface area contributed by atoms with Crippen LogP contribution < -0.4 is 4.74 Å². The molecule has 3 rings (SSSR count). The maximum Gasteiger partial charge on any atom is 0.339 e. The van der Waals surface area contributed by atoms with Gasteiger partial charge in [0.1, 0.15) is 47.2 Å². The summed E-state index contributed by atoms with van der Waals surface area (Å²) in [5.41, 5.74) is -0.529. The van der Waals surface area contributed by atoms with Gasteiger partial charge in [0.15, 0.2) is 0 Å². The Hall–Kier alpha value is -2.63. The summed E-state index contributed by atoms with van der Waals surface area (Å²) < 4.78 is 10.7. The lowest BCUT2D eigenvalue weighted by molar-refractivity contribution is -0.277. The summed E-state index contributed by atoms with van der Waals surface area (Å²) in [5, 5.41) is 68.6. The maximum atomic E-state index is 11.6. The molecule has 0 saturated carbocycles. The molecule has 2 aromatic carbocycles. The van der Waals surface area contributed by atoms with E-state index in [2.05, 4.69) is 0 Å². The summed E-state index contributed by atoms with van der Waals surface area (Å²) in [6.07, 6.45) is -8.05. The number of ether oxygens (including phenoxy) is 2. The molecule has 10 nitrogen and oxygen atoms in total. The second-order valence-electron chi connectivity index (χ2n) is 6.09. The molecule has 0 spiro atoms. The Morgan fingerprint density at radius 2 is 1.78 bits per heavy atom. The summed E-state index contributed by atoms with van der Waals surface area (Å²) in [5.74, 6) is -2.72. The fraction of sp³-hybridized carbons (Fsp3) is 0.353. The summed E-state index contributed by atoms with van der Waals surface area (Å²) in [7, 11) is 0. The molecular weight excluding hydrogens is 364 g/mol. The molecule has 0 unspecified atom stereocenters. The van der Waals surface area contributed by atoms with E-state index in [0.717, 1.165) is 6.07 Å². The number of aromatic hydroxyl groups is 2. The molecule has 1 fully saturated rings. The van der Waals surface area contributed by atoms with Crippen molar-refractivity contribution in [3.63, 3.8) is 0 Å². The van der Waals surface area contributed by atoms with Gasteiger partial charge in [-0.3, -0.25) is 0 Å². The van der Waals surface area contributed by atoms with E-state index in [9.17, 15) is 40.5 Å². The molecule has 0 aromatic heterocycles. The van der Waals surface area contributed by atoms with Crippen LogP contribution in [0, 0.1) is 0 Å². The lowest BCUT2D eigenvalue weighted by atomic mass is 9.99. The summed E-state index contributed by atoms with van der Waals surface area (Å²) in [6, 6.07) is 4.99. The van der Waals surface area contributed by atoms with Crippen LogP contribution in [-0.4, -0.2) is 79.0 Å². The zero-order valence-electron chi connectivity index (χ0n) is 13.8. The molecule has 0 aliphatic carbocycles. The molecule has 1 saturated heterocycles. The Morgan fingerprint density at radius 1 is 1.07 bits per heavy atom. The first-order chi connectivity index (χ1) is 12.8. The number of aliphatic hydroxyl groups excluding tert-OH is 4. The topological polar surface area (TPSA) is 177 Å². The third-order valence-corrected chi connectivity index (χ3v) is 4.38. The van der Waals surface area contributed by atoms with Gasteiger partial charge in [0.2, 0.25) is 6.29 Å². The molecule has 0 radical (unpaired) electrons. The Labute approximate surface area is 152 Å². The van der Waals surface area contributed by atoms with Crippen LogP contribution in [0.2, 0.25) is 0 Å². The summed E-state index contributed by atoms with van der Waals surface area (Å²) in [6.45, 7) is -0.696. The molecule has 5 atom stereocenters. The van der Waals surface area contributed by atoms with Crippen LogP contribution in [0.5, 0.6) is 17.2 Å². The first-order valence-electron chi connectivity index (χ1n) is 7.94. The van der Waals surface area contributed by atoms with Gasteiger partial charge >= 0.3 is 5.97 Å². The van der Waals surface area contributed by atoms with Crippen LogP contribution >= 0.6 is 0 Å². The number of aliphatic hydroxyl groups is 4. The molecule has 1 aliphatic heterocycles. The minimum Gasteiger partial charge on any atom is -0.507 e. The zero-order chi connectivity index (χ0) is 19.9. The number of hydrogen-bond donors (Lipinski definition) is 7. The number of benzene rings is 2. The molecule has 0 amide bonds. The van der Waals surface area contributed by atoms with E-state index >= 15 is 0 Å². The third-order valence-electron chi connectivity index (χ3n) is 4.38. The van der Waals surface area contributed by atoms with Gasteiger partial charge in [-0.15, -0.1) is 0 Å². The summed E-state index contributed by atoms with van der Waals surface area (Å²) in [4.78, 5) is 11.6. The van der Waals surface area contributed by atoms with Gasteiger partial charge < -0.3 is 45.2 Å². The Kier molecular flexibility index (Phi) is 5.09. The minimum atomic E-state index is -1.78. The van der Waals surface area contributed by atoms with Crippen molar-refractivity contribution in [1.82, 2.24) is 0 Å². The predicted octanol–water partition coefficient (Wildman–Crippen LogP) is -0.872. The average molecular weight is 382 g/mol. The molecular formula is C17H18O10. The monoisotopic (exact) mass is 382 g/mol. The van der Waals surface area contributed by atoms with E-state index in [1.807, 2.05) is 0 Å². The van der Waals surface area contributed by atoms with E-state index in [-0.39, 0.29) is 10.8 Å². The number of phenols is 2. The van der Waals surface area contributed by atoms with Crippen LogP contribution in [0.15, 0.2) is 24.3 Å². The van der Waals surface area contributed by atoms with E-state index in [4.69, 9.17) is 9.47 Å². The number of aromatic carboxylic acids is 1. The van der Waals surface area contributed by atoms with Gasteiger partial charge in [0, 0.05) is 5.39 Å². The third kappa shape index (κ3) is 3.24. The van der Waals surface area contributed by atoms with Crippen molar-refractivity contribution >= 4 is 16.7 Å². The van der Waals surface area contributed by atoms with Gasteiger partial charge in [0.05, 0.1) is 12.0 Å². The van der Waals surface area contributed by atoms with E-state index < -0.39 is 66.1 Å². The van der Waals surface area contributed by atoms with Crippen molar-refractivity contribution in [1.29, 1.82) is 0 Å². The first-order valence-corrected chi connectivity index (χ1v) is 7.94. The molecule has 1 heterocycles. The van der Waals surface area contributed by atoms with E-state index in [1.54, 1.807) is 0 Å². The highest BCUT2D eigenvalue weighted by Gasteiger charge is 2.45. The van der Waals surface area contributed by atoms with Crippen LogP contribution in [0.4, 0.5) is 0 Å². The van der Waals surface area contributed by atoms with E-state index in [1.165, 1.54) is 18.2 Å². The normalized spacial score (nSPS) is 28.2.